The van der Waals surface area contributed by atoms with E-state index < -0.39 is 17.1 Å². The van der Waals surface area contributed by atoms with Gasteiger partial charge in [-0.1, -0.05) is 13.8 Å². The number of carbonyl (C=O) groups is 1. The highest BCUT2D eigenvalue weighted by atomic mass is 16.6. The summed E-state index contributed by atoms with van der Waals surface area (Å²) in [7, 11) is 0. The van der Waals surface area contributed by atoms with Gasteiger partial charge in [-0.15, -0.1) is 0 Å². The number of nitrogens with zero attached hydrogens (tertiary/aromatic N) is 2. The van der Waals surface area contributed by atoms with Gasteiger partial charge in [-0.25, -0.2) is 0 Å². The van der Waals surface area contributed by atoms with Crippen LogP contribution in [0, 0.1) is 33.3 Å². The smallest absolute Gasteiger partial charge is 0.269 e. The zero-order valence-corrected chi connectivity index (χ0v) is 15.1. The fourth-order valence-corrected chi connectivity index (χ4v) is 4.44. The molecule has 26 heavy (non-hydrogen) atoms. The van der Waals surface area contributed by atoms with Gasteiger partial charge in [0.25, 0.3) is 5.69 Å². The largest absolute Gasteiger partial charge is 0.394 e. The molecule has 0 amide bonds. The number of rotatable bonds is 6. The van der Waals surface area contributed by atoms with Gasteiger partial charge in [-0.3, -0.25) is 19.9 Å². The molecule has 0 radical (unpaired) electrons. The molecule has 7 nitrogen and oxygen atoms in total. The molecular formula is C19H24N2O5. The Bertz CT molecular complexity index is 756. The molecular weight excluding hydrogens is 336 g/mol. The third-order valence-corrected chi connectivity index (χ3v) is 6.08. The Morgan fingerprint density at radius 3 is 2.50 bits per heavy atom. The first-order valence-corrected chi connectivity index (χ1v) is 8.78. The summed E-state index contributed by atoms with van der Waals surface area (Å²) in [4.78, 5) is 27.0. The fraction of sp³-hybridized carbons (Fsp3) is 0.579. The zero-order chi connectivity index (χ0) is 19.2. The average Bonchev–Trinajstić information content (AvgIpc) is 2.94. The summed E-state index contributed by atoms with van der Waals surface area (Å²) in [5, 5.41) is 30.9. The van der Waals surface area contributed by atoms with Gasteiger partial charge >= 0.3 is 0 Å². The van der Waals surface area contributed by atoms with Crippen LogP contribution < -0.4 is 0 Å². The second-order valence-electron chi connectivity index (χ2n) is 7.92. The van der Waals surface area contributed by atoms with Gasteiger partial charge in [0.1, 0.15) is 17.9 Å². The number of aliphatic imine (C=N–C) groups is 1. The summed E-state index contributed by atoms with van der Waals surface area (Å²) in [6, 6.07) is 4.71. The van der Waals surface area contributed by atoms with Gasteiger partial charge in [-0.2, -0.15) is 0 Å². The summed E-state index contributed by atoms with van der Waals surface area (Å²) >= 11 is 0. The van der Waals surface area contributed by atoms with E-state index in [0.717, 1.165) is 0 Å². The van der Waals surface area contributed by atoms with E-state index in [1.54, 1.807) is 6.92 Å². The lowest BCUT2D eigenvalue weighted by atomic mass is 9.88. The predicted octanol–water partition coefficient (Wildman–Crippen LogP) is 2.31. The van der Waals surface area contributed by atoms with Crippen molar-refractivity contribution in [3.63, 3.8) is 0 Å². The summed E-state index contributed by atoms with van der Waals surface area (Å²) in [6.07, 6.45) is -0.528. The van der Waals surface area contributed by atoms with Crippen LogP contribution in [0.25, 0.3) is 0 Å². The zero-order valence-electron chi connectivity index (χ0n) is 15.1. The number of carbonyl (C=O) groups excluding carboxylic acids is 1. The number of aliphatic hydroxyl groups is 2. The van der Waals surface area contributed by atoms with Crippen LogP contribution in [-0.2, 0) is 4.79 Å². The Balaban J connectivity index is 1.78. The normalized spacial score (nSPS) is 29.2. The number of Topliss-reactive ketones (excluding diaryl/α,β-unsaturated/α-hetero) is 1. The summed E-state index contributed by atoms with van der Waals surface area (Å²) in [5.74, 6) is 0.627. The van der Waals surface area contributed by atoms with Crippen molar-refractivity contribution in [3.05, 3.63) is 39.9 Å². The Morgan fingerprint density at radius 1 is 1.38 bits per heavy atom. The van der Waals surface area contributed by atoms with Gasteiger partial charge in [0.2, 0.25) is 0 Å². The molecule has 3 rings (SSSR count). The predicted molar refractivity (Wildman–Crippen MR) is 95.9 cm³/mol. The van der Waals surface area contributed by atoms with E-state index in [-0.39, 0.29) is 35.3 Å². The number of hydrogen-bond acceptors (Lipinski definition) is 6. The van der Waals surface area contributed by atoms with Crippen molar-refractivity contribution in [1.29, 1.82) is 0 Å². The van der Waals surface area contributed by atoms with E-state index in [0.29, 0.717) is 23.6 Å². The molecule has 140 valence electrons. The summed E-state index contributed by atoms with van der Waals surface area (Å²) < 4.78 is 0. The van der Waals surface area contributed by atoms with E-state index in [9.17, 15) is 25.1 Å². The molecule has 0 spiro atoms. The van der Waals surface area contributed by atoms with Gasteiger partial charge < -0.3 is 10.2 Å². The van der Waals surface area contributed by atoms with Crippen molar-refractivity contribution < 1.29 is 19.9 Å². The molecule has 2 aliphatic rings. The minimum absolute atomic E-state index is 0.0697. The molecule has 7 heteroatoms. The van der Waals surface area contributed by atoms with Crippen LogP contribution in [0.3, 0.4) is 0 Å². The van der Waals surface area contributed by atoms with E-state index in [2.05, 4.69) is 18.8 Å². The number of aliphatic hydroxyl groups excluding tert-OH is 2. The number of hydrogen-bond donors (Lipinski definition) is 2. The first-order valence-electron chi connectivity index (χ1n) is 8.78. The molecule has 2 saturated carbocycles. The Kier molecular flexibility index (Phi) is 4.71. The molecule has 2 N–H and O–H groups in total. The van der Waals surface area contributed by atoms with Crippen LogP contribution >= 0.6 is 0 Å². The molecule has 0 bridgehead atoms. The van der Waals surface area contributed by atoms with Gasteiger partial charge in [0.05, 0.1) is 17.4 Å². The first kappa shape index (κ1) is 18.7. The molecule has 0 aromatic heterocycles. The highest BCUT2D eigenvalue weighted by Gasteiger charge is 2.67. The quantitative estimate of drug-likeness (QED) is 0.459. The number of non-ortho nitro benzene ring substituents is 1. The van der Waals surface area contributed by atoms with Crippen molar-refractivity contribution in [3.8, 4) is 0 Å². The fourth-order valence-electron chi connectivity index (χ4n) is 4.44. The number of nitro benzene ring substituents is 1. The van der Waals surface area contributed by atoms with Crippen molar-refractivity contribution >= 4 is 17.2 Å². The van der Waals surface area contributed by atoms with Crippen LogP contribution in [0.5, 0.6) is 0 Å². The molecule has 0 aliphatic heterocycles. The molecule has 0 saturated heterocycles. The van der Waals surface area contributed by atoms with Crippen molar-refractivity contribution in [1.82, 2.24) is 0 Å². The molecule has 0 heterocycles. The topological polar surface area (TPSA) is 113 Å². The number of nitro groups is 1. The molecule has 1 aromatic carbocycles. The highest BCUT2D eigenvalue weighted by Crippen LogP contribution is 2.68. The molecule has 1 unspecified atom stereocenters. The Hall–Kier alpha value is -2.12. The Labute approximate surface area is 151 Å². The maximum atomic E-state index is 12.3. The molecule has 2 aliphatic carbocycles. The summed E-state index contributed by atoms with van der Waals surface area (Å²) in [5.41, 5.74) is 1.16. The minimum atomic E-state index is -1.10. The van der Waals surface area contributed by atoms with Crippen LogP contribution in [0.1, 0.15) is 38.9 Å². The number of fused-ring (bicyclic) bond motifs is 1. The third kappa shape index (κ3) is 3.05. The van der Waals surface area contributed by atoms with Crippen LogP contribution in [0.2, 0.25) is 0 Å². The van der Waals surface area contributed by atoms with Crippen LogP contribution in [-0.4, -0.2) is 39.3 Å². The average molecular weight is 360 g/mol. The van der Waals surface area contributed by atoms with Crippen molar-refractivity contribution in [2.45, 2.75) is 39.3 Å². The molecule has 1 aromatic rings. The Morgan fingerprint density at radius 2 is 2.00 bits per heavy atom. The standard InChI is InChI=1S/C19H24N2O5/c1-10(16-15(23)8-13-17(16)19(13,2)3)20-14(9-22)18(24)11-4-6-12(7-5-11)21(25)26/h4-7,13-14,16-18,22,24H,8-9H2,1-3H3/t13-,14-,16?,17-,18-/m1/s1. The lowest BCUT2D eigenvalue weighted by Crippen LogP contribution is -2.28. The van der Waals surface area contributed by atoms with E-state index in [4.69, 9.17) is 0 Å². The lowest BCUT2D eigenvalue weighted by Gasteiger charge is -2.22. The van der Waals surface area contributed by atoms with Crippen molar-refractivity contribution in [2.75, 3.05) is 6.61 Å². The van der Waals surface area contributed by atoms with E-state index >= 15 is 0 Å². The second-order valence-corrected chi connectivity index (χ2v) is 7.92. The lowest BCUT2D eigenvalue weighted by molar-refractivity contribution is -0.384. The van der Waals surface area contributed by atoms with Crippen molar-refractivity contribution in [2.24, 2.45) is 28.2 Å². The van der Waals surface area contributed by atoms with Crippen LogP contribution in [0.15, 0.2) is 29.3 Å². The highest BCUT2D eigenvalue weighted by molar-refractivity contribution is 6.07. The van der Waals surface area contributed by atoms with Gasteiger partial charge in [0, 0.05) is 24.3 Å². The van der Waals surface area contributed by atoms with Gasteiger partial charge in [-0.05, 0) is 41.9 Å². The van der Waals surface area contributed by atoms with E-state index in [1.165, 1.54) is 24.3 Å². The first-order chi connectivity index (χ1) is 12.2. The number of ketones is 1. The van der Waals surface area contributed by atoms with Crippen LogP contribution in [0.4, 0.5) is 5.69 Å². The molecule has 5 atom stereocenters. The monoisotopic (exact) mass is 360 g/mol. The summed E-state index contributed by atoms with van der Waals surface area (Å²) in [6.45, 7) is 5.72. The number of benzene rings is 1. The second kappa shape index (κ2) is 6.55. The molecule has 2 fully saturated rings. The minimum Gasteiger partial charge on any atom is -0.394 e. The maximum Gasteiger partial charge on any atom is 0.269 e. The maximum absolute atomic E-state index is 12.3. The van der Waals surface area contributed by atoms with E-state index in [1.807, 2.05) is 0 Å². The van der Waals surface area contributed by atoms with Gasteiger partial charge in [0.15, 0.2) is 0 Å². The SMILES string of the molecule is CC(=N[C@H](CO)[C@H](O)c1ccc([N+](=O)[O-])cc1)C1C(=O)C[C@@H]2[C@H]1C2(C)C. The third-order valence-electron chi connectivity index (χ3n) is 6.08.